The second-order valence-corrected chi connectivity index (χ2v) is 4.50. The van der Waals surface area contributed by atoms with Gasteiger partial charge in [0.25, 0.3) is 0 Å². The molecular weight excluding hydrogens is 318 g/mol. The van der Waals surface area contributed by atoms with E-state index in [1.54, 1.807) is 0 Å². The number of ether oxygens (including phenoxy) is 1. The molecule has 0 aliphatic carbocycles. The van der Waals surface area contributed by atoms with Crippen molar-refractivity contribution in [2.75, 3.05) is 5.73 Å². The minimum absolute atomic E-state index is 0.237. The molecule has 9 heteroatoms. The summed E-state index contributed by atoms with van der Waals surface area (Å²) in [5.41, 5.74) is 6.54. The first kappa shape index (κ1) is 12.3. The molecule has 3 heterocycles. The lowest BCUT2D eigenvalue weighted by molar-refractivity contribution is -0.0118. The molecule has 1 aliphatic heterocycles. The summed E-state index contributed by atoms with van der Waals surface area (Å²) in [6.07, 6.45) is -0.320. The van der Waals surface area contributed by atoms with Gasteiger partial charge in [0.05, 0.1) is 0 Å². The second kappa shape index (κ2) is 4.44. The number of rotatable bonds is 1. The van der Waals surface area contributed by atoms with E-state index in [-0.39, 0.29) is 11.6 Å². The third kappa shape index (κ3) is 1.78. The van der Waals surface area contributed by atoms with Gasteiger partial charge in [-0.25, -0.2) is 15.0 Å². The fourth-order valence-corrected chi connectivity index (χ4v) is 2.35. The fourth-order valence-electron chi connectivity index (χ4n) is 1.97. The highest BCUT2D eigenvalue weighted by Crippen LogP contribution is 2.34. The molecule has 4 N–H and O–H groups in total. The van der Waals surface area contributed by atoms with E-state index in [0.717, 1.165) is 0 Å². The molecule has 0 aromatic carbocycles. The Morgan fingerprint density at radius 1 is 1.37 bits per heavy atom. The molecule has 0 unspecified atom stereocenters. The van der Waals surface area contributed by atoms with E-state index in [0.29, 0.717) is 11.2 Å². The average Bonchev–Trinajstić information content (AvgIpc) is 2.94. The van der Waals surface area contributed by atoms with E-state index in [9.17, 15) is 10.2 Å². The van der Waals surface area contributed by atoms with Crippen LogP contribution in [0.2, 0.25) is 0 Å². The Balaban J connectivity index is 2.09. The highest BCUT2D eigenvalue weighted by atomic mass is 79.9. The smallest absolute Gasteiger partial charge is 0.207 e. The number of nitrogens with two attached hydrogens (primary N) is 1. The van der Waals surface area contributed by atoms with Crippen LogP contribution in [0.4, 0.5) is 5.82 Å². The zero-order valence-electron chi connectivity index (χ0n) is 9.51. The zero-order chi connectivity index (χ0) is 13.6. The first-order valence-corrected chi connectivity index (χ1v) is 6.31. The maximum atomic E-state index is 10.00. The van der Waals surface area contributed by atoms with Gasteiger partial charge in [-0.3, -0.25) is 4.57 Å². The van der Waals surface area contributed by atoms with Crippen LogP contribution >= 0.6 is 15.9 Å². The van der Waals surface area contributed by atoms with Gasteiger partial charge in [0.15, 0.2) is 11.5 Å². The molecule has 0 spiro atoms. The van der Waals surface area contributed by atoms with Crippen molar-refractivity contribution in [2.24, 2.45) is 0 Å². The van der Waals surface area contributed by atoms with Crippen LogP contribution in [0.3, 0.4) is 0 Å². The first-order chi connectivity index (χ1) is 9.13. The Bertz CT molecular complexity index is 658. The van der Waals surface area contributed by atoms with Crippen molar-refractivity contribution in [3.63, 3.8) is 0 Å². The van der Waals surface area contributed by atoms with E-state index in [2.05, 4.69) is 30.9 Å². The molecule has 0 radical (unpaired) electrons. The minimum Gasteiger partial charge on any atom is -0.468 e. The van der Waals surface area contributed by atoms with Gasteiger partial charge >= 0.3 is 0 Å². The Labute approximate surface area is 115 Å². The number of fused-ring (bicyclic) bond motifs is 1. The van der Waals surface area contributed by atoms with Crippen LogP contribution in [0.25, 0.3) is 11.2 Å². The summed E-state index contributed by atoms with van der Waals surface area (Å²) < 4.78 is 6.97. The van der Waals surface area contributed by atoms with Gasteiger partial charge in [0.2, 0.25) is 6.23 Å². The number of hydrogen-bond donors (Lipinski definition) is 3. The zero-order valence-corrected chi connectivity index (χ0v) is 11.1. The number of anilines is 1. The van der Waals surface area contributed by atoms with Crippen molar-refractivity contribution in [3.8, 4) is 0 Å². The standard InChI is InChI=1S/C10H10BrN5O3/c11-1-4-6(17)7(18)10(19-4)16-3-15-5-8(12)13-2-14-9(5)16/h1-3,6-7,10,17-18H,(H2,12,13,14)/b4-1-/t6-,7-,10-/m1/s1. The number of nitrogens with zero attached hydrogens (tertiary/aromatic N) is 4. The number of imidazole rings is 1. The maximum Gasteiger partial charge on any atom is 0.207 e. The lowest BCUT2D eigenvalue weighted by atomic mass is 10.2. The van der Waals surface area contributed by atoms with Crippen molar-refractivity contribution in [2.45, 2.75) is 18.4 Å². The summed E-state index contributed by atoms with van der Waals surface area (Å²) in [4.78, 5) is 13.4. The molecule has 3 rings (SSSR count). The molecule has 0 amide bonds. The summed E-state index contributed by atoms with van der Waals surface area (Å²) in [5, 5.41) is 19.8. The average molecular weight is 328 g/mol. The molecule has 0 saturated carbocycles. The van der Waals surface area contributed by atoms with Gasteiger partial charge in [0, 0.05) is 4.99 Å². The topological polar surface area (TPSA) is 119 Å². The summed E-state index contributed by atoms with van der Waals surface area (Å²) in [5.74, 6) is 0.481. The van der Waals surface area contributed by atoms with Crippen LogP contribution in [0.5, 0.6) is 0 Å². The number of halogens is 1. The lowest BCUT2D eigenvalue weighted by Crippen LogP contribution is -2.27. The molecule has 1 fully saturated rings. The lowest BCUT2D eigenvalue weighted by Gasteiger charge is -2.15. The third-order valence-electron chi connectivity index (χ3n) is 2.93. The first-order valence-electron chi connectivity index (χ1n) is 5.39. The summed E-state index contributed by atoms with van der Waals surface area (Å²) in [6.45, 7) is 0. The van der Waals surface area contributed by atoms with Crippen molar-refractivity contribution in [3.05, 3.63) is 23.4 Å². The molecule has 2 aromatic heterocycles. The van der Waals surface area contributed by atoms with Crippen LogP contribution in [0, 0.1) is 0 Å². The molecule has 3 atom stereocenters. The van der Waals surface area contributed by atoms with E-state index in [1.807, 2.05) is 0 Å². The summed E-state index contributed by atoms with van der Waals surface area (Å²) >= 11 is 3.07. The van der Waals surface area contributed by atoms with E-state index < -0.39 is 18.4 Å². The Morgan fingerprint density at radius 2 is 2.16 bits per heavy atom. The number of aromatic nitrogens is 4. The van der Waals surface area contributed by atoms with Crippen LogP contribution in [0.15, 0.2) is 23.4 Å². The fraction of sp³-hybridized carbons (Fsp3) is 0.300. The molecule has 1 saturated heterocycles. The van der Waals surface area contributed by atoms with Gasteiger partial charge in [-0.15, -0.1) is 0 Å². The molecule has 19 heavy (non-hydrogen) atoms. The predicted octanol–water partition coefficient (Wildman–Crippen LogP) is -0.105. The quantitative estimate of drug-likeness (QED) is 0.668. The molecule has 0 bridgehead atoms. The third-order valence-corrected chi connectivity index (χ3v) is 3.38. The molecular formula is C10H10BrN5O3. The Kier molecular flexibility index (Phi) is 2.88. The van der Waals surface area contributed by atoms with Crippen LogP contribution in [-0.2, 0) is 4.74 Å². The number of nitrogen functional groups attached to an aromatic ring is 1. The highest BCUT2D eigenvalue weighted by molar-refractivity contribution is 9.11. The van der Waals surface area contributed by atoms with Gasteiger partial charge in [-0.1, -0.05) is 15.9 Å². The summed E-state index contributed by atoms with van der Waals surface area (Å²) in [6, 6.07) is 0. The van der Waals surface area contributed by atoms with Crippen LogP contribution in [0.1, 0.15) is 6.23 Å². The molecule has 2 aromatic rings. The highest BCUT2D eigenvalue weighted by Gasteiger charge is 2.41. The van der Waals surface area contributed by atoms with Crippen molar-refractivity contribution >= 4 is 32.9 Å². The minimum atomic E-state index is -1.13. The molecule has 100 valence electrons. The van der Waals surface area contributed by atoms with E-state index >= 15 is 0 Å². The Morgan fingerprint density at radius 3 is 2.84 bits per heavy atom. The van der Waals surface area contributed by atoms with Gasteiger partial charge in [0.1, 0.15) is 36.1 Å². The molecule has 1 aliphatic rings. The second-order valence-electron chi connectivity index (χ2n) is 4.04. The number of aliphatic hydroxyl groups excluding tert-OH is 2. The monoisotopic (exact) mass is 327 g/mol. The van der Waals surface area contributed by atoms with Gasteiger partial charge in [-0.05, 0) is 0 Å². The number of hydrogen-bond acceptors (Lipinski definition) is 7. The largest absolute Gasteiger partial charge is 0.468 e. The molecule has 8 nitrogen and oxygen atoms in total. The van der Waals surface area contributed by atoms with Crippen molar-refractivity contribution < 1.29 is 14.9 Å². The van der Waals surface area contributed by atoms with Gasteiger partial charge < -0.3 is 20.7 Å². The van der Waals surface area contributed by atoms with E-state index in [1.165, 1.54) is 22.2 Å². The number of aliphatic hydroxyl groups is 2. The van der Waals surface area contributed by atoms with Gasteiger partial charge in [-0.2, -0.15) is 0 Å². The van der Waals surface area contributed by atoms with Crippen LogP contribution < -0.4 is 5.73 Å². The SMILES string of the molecule is Nc1ncnc2c1ncn2[C@@H]1O/C(=C\Br)[C@@H](O)[C@H]1O. The Hall–Kier alpha value is -1.71. The van der Waals surface area contributed by atoms with Crippen molar-refractivity contribution in [1.29, 1.82) is 0 Å². The summed E-state index contributed by atoms with van der Waals surface area (Å²) in [7, 11) is 0. The van der Waals surface area contributed by atoms with Crippen LogP contribution in [-0.4, -0.2) is 41.9 Å². The maximum absolute atomic E-state index is 10.00. The predicted molar refractivity (Wildman–Crippen MR) is 68.9 cm³/mol. The normalized spacial score (nSPS) is 29.0. The van der Waals surface area contributed by atoms with E-state index in [4.69, 9.17) is 10.5 Å². The van der Waals surface area contributed by atoms with Crippen molar-refractivity contribution in [1.82, 2.24) is 19.5 Å².